The van der Waals surface area contributed by atoms with E-state index in [1.165, 1.54) is 0 Å². The number of pyridine rings is 1. The summed E-state index contributed by atoms with van der Waals surface area (Å²) in [5.74, 6) is 4.29. The minimum atomic E-state index is -0.586. The average molecular weight is 316 g/mol. The van der Waals surface area contributed by atoms with E-state index in [9.17, 15) is 8.78 Å². The van der Waals surface area contributed by atoms with Gasteiger partial charge in [0.25, 0.3) is 0 Å². The second kappa shape index (κ2) is 4.78. The molecule has 0 aliphatic carbocycles. The molecule has 0 atom stereocenters. The maximum absolute atomic E-state index is 14.0. The molecular formula is C12H12BrF2N3. The van der Waals surface area contributed by atoms with E-state index in [0.717, 1.165) is 6.07 Å². The largest absolute Gasteiger partial charge is 0.323 e. The van der Waals surface area contributed by atoms with E-state index in [1.54, 1.807) is 6.07 Å². The van der Waals surface area contributed by atoms with Gasteiger partial charge in [-0.15, -0.1) is 0 Å². The first-order chi connectivity index (χ1) is 8.45. The zero-order chi connectivity index (χ0) is 13.4. The number of hydrazine groups is 1. The van der Waals surface area contributed by atoms with Gasteiger partial charge in [-0.2, -0.15) is 0 Å². The van der Waals surface area contributed by atoms with Crippen molar-refractivity contribution in [2.45, 2.75) is 19.8 Å². The summed E-state index contributed by atoms with van der Waals surface area (Å²) in [5, 5.41) is 0.0498. The number of rotatable bonds is 2. The van der Waals surface area contributed by atoms with Crippen LogP contribution >= 0.6 is 15.9 Å². The molecule has 0 saturated carbocycles. The highest BCUT2D eigenvalue weighted by molar-refractivity contribution is 9.10. The molecule has 2 aromatic rings. The SMILES string of the molecule is CC(C)c1cc(NN)c2c(F)c(Br)cc(F)c2n1. The first kappa shape index (κ1) is 13.2. The molecule has 0 unspecified atom stereocenters. The number of nitrogens with one attached hydrogen (secondary N) is 1. The number of hydrogen-bond donors (Lipinski definition) is 2. The topological polar surface area (TPSA) is 50.9 Å². The Morgan fingerprint density at radius 3 is 2.56 bits per heavy atom. The fourth-order valence-electron chi connectivity index (χ4n) is 1.73. The predicted octanol–water partition coefficient (Wildman–Crippen LogP) is 3.68. The molecule has 1 heterocycles. The number of benzene rings is 1. The Balaban J connectivity index is 2.91. The quantitative estimate of drug-likeness (QED) is 0.505. The Morgan fingerprint density at radius 1 is 1.33 bits per heavy atom. The summed E-state index contributed by atoms with van der Waals surface area (Å²) < 4.78 is 27.9. The van der Waals surface area contributed by atoms with E-state index < -0.39 is 11.6 Å². The molecule has 0 radical (unpaired) electrons. The van der Waals surface area contributed by atoms with Gasteiger partial charge in [0.2, 0.25) is 0 Å². The van der Waals surface area contributed by atoms with E-state index in [-0.39, 0.29) is 21.3 Å². The van der Waals surface area contributed by atoms with Crippen LogP contribution in [0.25, 0.3) is 10.9 Å². The number of halogens is 3. The van der Waals surface area contributed by atoms with Gasteiger partial charge in [-0.05, 0) is 34.0 Å². The molecule has 18 heavy (non-hydrogen) atoms. The lowest BCUT2D eigenvalue weighted by Crippen LogP contribution is -2.10. The maximum Gasteiger partial charge on any atom is 0.150 e. The fourth-order valence-corrected chi connectivity index (χ4v) is 2.13. The molecule has 96 valence electrons. The molecule has 2 rings (SSSR count). The molecule has 0 saturated heterocycles. The number of fused-ring (bicyclic) bond motifs is 1. The summed E-state index contributed by atoms with van der Waals surface area (Å²) in [6.07, 6.45) is 0. The van der Waals surface area contributed by atoms with E-state index in [0.29, 0.717) is 11.4 Å². The van der Waals surface area contributed by atoms with Gasteiger partial charge < -0.3 is 5.43 Å². The standard InChI is InChI=1S/C12H12BrF2N3/c1-5(2)8-4-9(18-16)10-11(15)6(13)3-7(14)12(10)17-8/h3-5H,16H2,1-2H3,(H,17,18). The van der Waals surface area contributed by atoms with Crippen LogP contribution in [0.1, 0.15) is 25.5 Å². The summed E-state index contributed by atoms with van der Waals surface area (Å²) in [4.78, 5) is 4.15. The number of anilines is 1. The lowest BCUT2D eigenvalue weighted by Gasteiger charge is -2.13. The van der Waals surface area contributed by atoms with Crippen LogP contribution in [0, 0.1) is 11.6 Å². The third-order valence-electron chi connectivity index (χ3n) is 2.70. The van der Waals surface area contributed by atoms with Crippen molar-refractivity contribution in [3.63, 3.8) is 0 Å². The number of hydrogen-bond acceptors (Lipinski definition) is 3. The predicted molar refractivity (Wildman–Crippen MR) is 71.3 cm³/mol. The van der Waals surface area contributed by atoms with Crippen LogP contribution in [0.5, 0.6) is 0 Å². The normalized spacial score (nSPS) is 11.3. The van der Waals surface area contributed by atoms with Crippen LogP contribution < -0.4 is 11.3 Å². The third kappa shape index (κ3) is 2.06. The van der Waals surface area contributed by atoms with E-state index in [2.05, 4.69) is 26.3 Å². The summed E-state index contributed by atoms with van der Waals surface area (Å²) in [7, 11) is 0. The number of nitrogens with zero attached hydrogens (tertiary/aromatic N) is 1. The van der Waals surface area contributed by atoms with Gasteiger partial charge in [-0.25, -0.2) is 13.8 Å². The van der Waals surface area contributed by atoms with Crippen molar-refractivity contribution in [1.29, 1.82) is 0 Å². The van der Waals surface area contributed by atoms with Gasteiger partial charge in [-0.3, -0.25) is 5.84 Å². The van der Waals surface area contributed by atoms with Crippen LogP contribution in [-0.2, 0) is 0 Å². The first-order valence-corrected chi connectivity index (χ1v) is 6.19. The van der Waals surface area contributed by atoms with Crippen molar-refractivity contribution in [3.8, 4) is 0 Å². The Labute approximate surface area is 111 Å². The van der Waals surface area contributed by atoms with Crippen LogP contribution in [-0.4, -0.2) is 4.98 Å². The molecule has 3 N–H and O–H groups in total. The lowest BCUT2D eigenvalue weighted by atomic mass is 10.1. The Hall–Kier alpha value is -1.27. The van der Waals surface area contributed by atoms with Gasteiger partial charge in [0.05, 0.1) is 15.5 Å². The molecule has 0 amide bonds. The van der Waals surface area contributed by atoms with Crippen molar-refractivity contribution < 1.29 is 8.78 Å². The molecule has 1 aromatic carbocycles. The molecule has 0 bridgehead atoms. The van der Waals surface area contributed by atoms with E-state index in [4.69, 9.17) is 5.84 Å². The van der Waals surface area contributed by atoms with Crippen molar-refractivity contribution in [3.05, 3.63) is 33.9 Å². The number of nitrogen functional groups attached to an aromatic ring is 1. The summed E-state index contributed by atoms with van der Waals surface area (Å²) >= 11 is 2.97. The Morgan fingerprint density at radius 2 is 2.00 bits per heavy atom. The van der Waals surface area contributed by atoms with E-state index in [1.807, 2.05) is 13.8 Å². The summed E-state index contributed by atoms with van der Waals surface area (Å²) in [6, 6.07) is 2.69. The second-order valence-corrected chi connectivity index (χ2v) is 5.13. The zero-order valence-corrected chi connectivity index (χ0v) is 11.5. The minimum absolute atomic E-state index is 0.0187. The van der Waals surface area contributed by atoms with E-state index >= 15 is 0 Å². The molecule has 1 aromatic heterocycles. The van der Waals surface area contributed by atoms with Crippen LogP contribution in [0.2, 0.25) is 0 Å². The summed E-state index contributed by atoms with van der Waals surface area (Å²) in [5.41, 5.74) is 3.34. The van der Waals surface area contributed by atoms with Crippen LogP contribution in [0.4, 0.5) is 14.5 Å². The summed E-state index contributed by atoms with van der Waals surface area (Å²) in [6.45, 7) is 3.84. The maximum atomic E-state index is 14.0. The van der Waals surface area contributed by atoms with Gasteiger partial charge in [-0.1, -0.05) is 13.8 Å². The molecule has 6 heteroatoms. The fraction of sp³-hybridized carbons (Fsp3) is 0.250. The van der Waals surface area contributed by atoms with Gasteiger partial charge in [0.15, 0.2) is 5.82 Å². The van der Waals surface area contributed by atoms with Crippen LogP contribution in [0.15, 0.2) is 16.6 Å². The Bertz CT molecular complexity index is 614. The highest BCUT2D eigenvalue weighted by atomic mass is 79.9. The molecule has 0 aliphatic rings. The molecule has 0 fully saturated rings. The zero-order valence-electron chi connectivity index (χ0n) is 9.89. The molecule has 0 spiro atoms. The Kier molecular flexibility index (Phi) is 3.49. The minimum Gasteiger partial charge on any atom is -0.323 e. The highest BCUT2D eigenvalue weighted by Crippen LogP contribution is 2.33. The van der Waals surface area contributed by atoms with Gasteiger partial charge in [0.1, 0.15) is 11.3 Å². The van der Waals surface area contributed by atoms with Gasteiger partial charge in [0, 0.05) is 5.69 Å². The van der Waals surface area contributed by atoms with Crippen molar-refractivity contribution >= 4 is 32.5 Å². The molecular weight excluding hydrogens is 304 g/mol. The van der Waals surface area contributed by atoms with Crippen LogP contribution in [0.3, 0.4) is 0 Å². The molecule has 3 nitrogen and oxygen atoms in total. The number of nitrogens with two attached hydrogens (primary N) is 1. The number of aromatic nitrogens is 1. The monoisotopic (exact) mass is 315 g/mol. The highest BCUT2D eigenvalue weighted by Gasteiger charge is 2.17. The smallest absolute Gasteiger partial charge is 0.150 e. The second-order valence-electron chi connectivity index (χ2n) is 4.27. The third-order valence-corrected chi connectivity index (χ3v) is 3.27. The first-order valence-electron chi connectivity index (χ1n) is 5.40. The van der Waals surface area contributed by atoms with Crippen molar-refractivity contribution in [1.82, 2.24) is 4.98 Å². The molecule has 0 aliphatic heterocycles. The van der Waals surface area contributed by atoms with Crippen molar-refractivity contribution in [2.75, 3.05) is 5.43 Å². The average Bonchev–Trinajstić information content (AvgIpc) is 2.34. The lowest BCUT2D eigenvalue weighted by molar-refractivity contribution is 0.609. The van der Waals surface area contributed by atoms with Crippen molar-refractivity contribution in [2.24, 2.45) is 5.84 Å². The van der Waals surface area contributed by atoms with Gasteiger partial charge >= 0.3 is 0 Å².